The van der Waals surface area contributed by atoms with E-state index >= 15 is 0 Å². The Balaban J connectivity index is 3.71. The minimum absolute atomic E-state index is 0.161. The Morgan fingerprint density at radius 1 is 1.17 bits per heavy atom. The molecule has 1 atom stereocenters. The Bertz CT molecular complexity index is 333. The third-order valence-corrected chi connectivity index (χ3v) is 5.11. The normalized spacial score (nSPS) is 12.5. The van der Waals surface area contributed by atoms with Crippen molar-refractivity contribution in [2.24, 2.45) is 0 Å². The van der Waals surface area contributed by atoms with E-state index < -0.39 is 11.9 Å². The van der Waals surface area contributed by atoms with Gasteiger partial charge >= 0.3 is 11.9 Å². The van der Waals surface area contributed by atoms with Gasteiger partial charge in [-0.05, 0) is 45.2 Å². The quantitative estimate of drug-likeness (QED) is 0.356. The summed E-state index contributed by atoms with van der Waals surface area (Å²) in [5, 5.41) is 20.6. The Morgan fingerprint density at radius 2 is 1.91 bits per heavy atom. The first kappa shape index (κ1) is 22.6. The molecule has 0 aromatic heterocycles. The zero-order valence-corrected chi connectivity index (χ0v) is 15.8. The molecule has 0 saturated carbocycles. The predicted molar refractivity (Wildman–Crippen MR) is 98.7 cm³/mol. The number of hydrogen-bond acceptors (Lipinski definition) is 6. The molecule has 3 N–H and O–H groups in total. The molecule has 0 radical (unpaired) electrons. The summed E-state index contributed by atoms with van der Waals surface area (Å²) in [5.41, 5.74) is 0. The maximum absolute atomic E-state index is 11.1. The third kappa shape index (κ3) is 13.7. The van der Waals surface area contributed by atoms with Gasteiger partial charge in [0.15, 0.2) is 0 Å². The molecular weight excluding hydrogens is 336 g/mol. The van der Waals surface area contributed by atoms with Crippen molar-refractivity contribution in [2.45, 2.75) is 31.4 Å². The molecule has 0 spiro atoms. The maximum atomic E-state index is 11.1. The summed E-state index contributed by atoms with van der Waals surface area (Å²) >= 11 is 2.81. The van der Waals surface area contributed by atoms with Crippen molar-refractivity contribution in [3.05, 3.63) is 0 Å². The summed E-state index contributed by atoms with van der Waals surface area (Å²) in [6, 6.07) is 0. The van der Waals surface area contributed by atoms with Crippen LogP contribution in [0.4, 0.5) is 0 Å². The van der Waals surface area contributed by atoms with Crippen molar-refractivity contribution in [1.82, 2.24) is 10.2 Å². The van der Waals surface area contributed by atoms with Crippen LogP contribution in [-0.4, -0.2) is 82.8 Å². The molecule has 0 saturated heterocycles. The third-order valence-electron chi connectivity index (χ3n) is 3.25. The summed E-state index contributed by atoms with van der Waals surface area (Å²) in [5.74, 6) is -0.536. The van der Waals surface area contributed by atoms with Crippen LogP contribution in [0.1, 0.15) is 26.2 Å². The molecule has 6 nitrogen and oxygen atoms in total. The van der Waals surface area contributed by atoms with E-state index in [1.54, 1.807) is 0 Å². The first-order valence-corrected chi connectivity index (χ1v) is 10.4. The highest BCUT2D eigenvalue weighted by molar-refractivity contribution is 8.00. The number of rotatable bonds is 16. The number of carboxylic acids is 2. The molecule has 1 unspecified atom stereocenters. The second-order valence-electron chi connectivity index (χ2n) is 5.27. The molecule has 0 aliphatic carbocycles. The summed E-state index contributed by atoms with van der Waals surface area (Å²) < 4.78 is 0. The molecule has 0 aliphatic heterocycles. The van der Waals surface area contributed by atoms with Gasteiger partial charge in [-0.2, -0.15) is 0 Å². The molecule has 136 valence electrons. The molecule has 23 heavy (non-hydrogen) atoms. The molecule has 0 aromatic rings. The highest BCUT2D eigenvalue weighted by Gasteiger charge is 2.19. The molecule has 0 amide bonds. The number of thioether (sulfide) groups is 2. The van der Waals surface area contributed by atoms with Crippen molar-refractivity contribution in [1.29, 1.82) is 0 Å². The average Bonchev–Trinajstić information content (AvgIpc) is 2.49. The predicted octanol–water partition coefficient (Wildman–Crippen LogP) is 1.70. The van der Waals surface area contributed by atoms with Crippen LogP contribution in [0.3, 0.4) is 0 Å². The highest BCUT2D eigenvalue weighted by Crippen LogP contribution is 2.10. The van der Waals surface area contributed by atoms with Crippen molar-refractivity contribution < 1.29 is 19.8 Å². The largest absolute Gasteiger partial charge is 0.481 e. The number of hydrogen-bond donors (Lipinski definition) is 3. The number of nitrogens with zero attached hydrogens (tertiary/aromatic N) is 1. The minimum Gasteiger partial charge on any atom is -0.481 e. The van der Waals surface area contributed by atoms with Crippen LogP contribution in [0, 0.1) is 0 Å². The van der Waals surface area contributed by atoms with Gasteiger partial charge in [0.25, 0.3) is 0 Å². The number of carbonyl (C=O) groups is 2. The summed E-state index contributed by atoms with van der Waals surface area (Å²) in [6.45, 7) is 6.31. The Morgan fingerprint density at radius 3 is 2.48 bits per heavy atom. The first-order chi connectivity index (χ1) is 11.0. The smallest absolute Gasteiger partial charge is 0.317 e. The lowest BCUT2D eigenvalue weighted by Crippen LogP contribution is -2.36. The van der Waals surface area contributed by atoms with Gasteiger partial charge in [0.05, 0.1) is 5.75 Å². The number of unbranched alkanes of at least 4 members (excludes halogenated alkanes) is 1. The SMILES string of the molecule is CCCN(CCCCNCCSCC(=O)O)CC(SC)C(=O)O. The van der Waals surface area contributed by atoms with E-state index in [4.69, 9.17) is 10.2 Å². The van der Waals surface area contributed by atoms with Crippen LogP contribution in [0.2, 0.25) is 0 Å². The monoisotopic (exact) mass is 366 g/mol. The van der Waals surface area contributed by atoms with Crippen LogP contribution in [0.15, 0.2) is 0 Å². The summed E-state index contributed by atoms with van der Waals surface area (Å²) in [4.78, 5) is 23.7. The maximum Gasteiger partial charge on any atom is 0.317 e. The molecule has 0 aliphatic rings. The molecule has 8 heteroatoms. The van der Waals surface area contributed by atoms with Crippen LogP contribution < -0.4 is 5.32 Å². The van der Waals surface area contributed by atoms with E-state index in [0.29, 0.717) is 6.54 Å². The van der Waals surface area contributed by atoms with Crippen molar-refractivity contribution in [2.75, 3.05) is 50.5 Å². The lowest BCUT2D eigenvalue weighted by Gasteiger charge is -2.24. The van der Waals surface area contributed by atoms with Gasteiger partial charge in [0.1, 0.15) is 5.25 Å². The van der Waals surface area contributed by atoms with E-state index in [9.17, 15) is 9.59 Å². The Labute approximate surface area is 147 Å². The van der Waals surface area contributed by atoms with Crippen LogP contribution >= 0.6 is 23.5 Å². The van der Waals surface area contributed by atoms with Crippen molar-refractivity contribution in [3.63, 3.8) is 0 Å². The second-order valence-corrected chi connectivity index (χ2v) is 7.41. The van der Waals surface area contributed by atoms with E-state index in [2.05, 4.69) is 17.1 Å². The van der Waals surface area contributed by atoms with Crippen LogP contribution in [0.5, 0.6) is 0 Å². The van der Waals surface area contributed by atoms with E-state index in [1.165, 1.54) is 23.5 Å². The molecule has 0 heterocycles. The van der Waals surface area contributed by atoms with Crippen LogP contribution in [0.25, 0.3) is 0 Å². The lowest BCUT2D eigenvalue weighted by molar-refractivity contribution is -0.137. The highest BCUT2D eigenvalue weighted by atomic mass is 32.2. The van der Waals surface area contributed by atoms with Gasteiger partial charge in [-0.15, -0.1) is 23.5 Å². The molecule has 0 fully saturated rings. The zero-order valence-electron chi connectivity index (χ0n) is 14.1. The van der Waals surface area contributed by atoms with Gasteiger partial charge in [-0.1, -0.05) is 6.92 Å². The van der Waals surface area contributed by atoms with Crippen molar-refractivity contribution >= 4 is 35.5 Å². The Hall–Kier alpha value is -0.440. The summed E-state index contributed by atoms with van der Waals surface area (Å²) in [6.07, 6.45) is 4.95. The van der Waals surface area contributed by atoms with E-state index in [-0.39, 0.29) is 11.0 Å². The van der Waals surface area contributed by atoms with Crippen molar-refractivity contribution in [3.8, 4) is 0 Å². The molecular formula is C15H30N2O4S2. The van der Waals surface area contributed by atoms with Crippen LogP contribution in [-0.2, 0) is 9.59 Å². The zero-order chi connectivity index (χ0) is 17.5. The second kappa shape index (κ2) is 15.1. The van der Waals surface area contributed by atoms with E-state index in [0.717, 1.165) is 51.2 Å². The topological polar surface area (TPSA) is 89.9 Å². The lowest BCUT2D eigenvalue weighted by atomic mass is 10.2. The number of nitrogens with one attached hydrogen (secondary N) is 1. The number of carboxylic acid groups (broad SMARTS) is 2. The Kier molecular flexibility index (Phi) is 14.8. The van der Waals surface area contributed by atoms with Gasteiger partial charge < -0.3 is 20.4 Å². The standard InChI is InChI=1S/C15H30N2O4S2/c1-3-8-17(11-13(22-2)15(20)21)9-5-4-6-16-7-10-23-12-14(18)19/h13,16H,3-12H2,1-2H3,(H,18,19)(H,20,21). The fourth-order valence-electron chi connectivity index (χ4n) is 2.11. The average molecular weight is 367 g/mol. The fourth-order valence-corrected chi connectivity index (χ4v) is 3.28. The molecule has 0 rings (SSSR count). The first-order valence-electron chi connectivity index (χ1n) is 7.99. The number of aliphatic carboxylic acids is 2. The minimum atomic E-state index is -0.768. The van der Waals surface area contributed by atoms with Gasteiger partial charge in [-0.25, -0.2) is 0 Å². The molecule has 0 bridgehead atoms. The van der Waals surface area contributed by atoms with E-state index in [1.807, 2.05) is 6.26 Å². The van der Waals surface area contributed by atoms with Gasteiger partial charge in [0.2, 0.25) is 0 Å². The fraction of sp³-hybridized carbons (Fsp3) is 0.867. The van der Waals surface area contributed by atoms with Gasteiger partial charge in [-0.3, -0.25) is 9.59 Å². The molecule has 0 aromatic carbocycles. The van der Waals surface area contributed by atoms with Gasteiger partial charge in [0, 0.05) is 18.8 Å². The summed E-state index contributed by atoms with van der Waals surface area (Å²) in [7, 11) is 0.